The maximum Gasteiger partial charge on any atom is 0.170 e. The molecule has 0 spiro atoms. The van der Waals surface area contributed by atoms with Crippen LogP contribution in [0, 0.1) is 12.8 Å². The summed E-state index contributed by atoms with van der Waals surface area (Å²) in [5.41, 5.74) is 1.76. The van der Waals surface area contributed by atoms with Crippen LogP contribution in [0.4, 0.5) is 0 Å². The van der Waals surface area contributed by atoms with Crippen LogP contribution in [0.15, 0.2) is 33.7 Å². The Kier molecular flexibility index (Phi) is 4.29. The lowest BCUT2D eigenvalue weighted by atomic mass is 9.98. The average Bonchev–Trinajstić information content (AvgIpc) is 2.21. The fraction of sp³-hybridized carbons (Fsp3) is 0.250. The van der Waals surface area contributed by atoms with Crippen molar-refractivity contribution in [3.8, 4) is 0 Å². The van der Waals surface area contributed by atoms with Crippen LogP contribution in [0.2, 0.25) is 0 Å². The van der Waals surface area contributed by atoms with Crippen molar-refractivity contribution in [1.29, 1.82) is 0 Å². The number of allylic oxidation sites excluding steroid dienone is 1. The fourth-order valence-electron chi connectivity index (χ4n) is 1.20. The standard InChI is InChI=1S/C12H12Br2O/c1-4-7(2)12(15)9-5-8(3)10(13)6-11(9)14/h4-7H,1H2,2-3H3. The van der Waals surface area contributed by atoms with E-state index in [2.05, 4.69) is 38.4 Å². The lowest BCUT2D eigenvalue weighted by Crippen LogP contribution is -2.09. The molecule has 3 heteroatoms. The first kappa shape index (κ1) is 12.7. The second-order valence-electron chi connectivity index (χ2n) is 3.47. The van der Waals surface area contributed by atoms with Crippen molar-refractivity contribution >= 4 is 37.6 Å². The number of aryl methyl sites for hydroxylation is 1. The van der Waals surface area contributed by atoms with Crippen LogP contribution in [0.3, 0.4) is 0 Å². The van der Waals surface area contributed by atoms with Crippen molar-refractivity contribution in [1.82, 2.24) is 0 Å². The van der Waals surface area contributed by atoms with Crippen LogP contribution in [-0.4, -0.2) is 5.78 Å². The molecule has 0 heterocycles. The fourth-order valence-corrected chi connectivity index (χ4v) is 2.39. The zero-order valence-corrected chi connectivity index (χ0v) is 11.9. The van der Waals surface area contributed by atoms with E-state index in [1.165, 1.54) is 0 Å². The van der Waals surface area contributed by atoms with Crippen molar-refractivity contribution in [3.63, 3.8) is 0 Å². The van der Waals surface area contributed by atoms with Crippen LogP contribution < -0.4 is 0 Å². The summed E-state index contributed by atoms with van der Waals surface area (Å²) < 4.78 is 1.82. The zero-order valence-electron chi connectivity index (χ0n) is 8.68. The van der Waals surface area contributed by atoms with E-state index in [0.717, 1.165) is 14.5 Å². The van der Waals surface area contributed by atoms with Gasteiger partial charge in [0.2, 0.25) is 0 Å². The van der Waals surface area contributed by atoms with Gasteiger partial charge in [-0.1, -0.05) is 44.9 Å². The molecule has 1 atom stereocenters. The predicted octanol–water partition coefficient (Wildman–Crippen LogP) is 4.52. The number of benzene rings is 1. The van der Waals surface area contributed by atoms with Gasteiger partial charge in [-0.15, -0.1) is 6.58 Å². The Labute approximate surface area is 107 Å². The third kappa shape index (κ3) is 2.79. The molecule has 0 aromatic heterocycles. The molecule has 0 aliphatic rings. The first-order valence-corrected chi connectivity index (χ1v) is 6.18. The maximum absolute atomic E-state index is 11.9. The van der Waals surface area contributed by atoms with E-state index in [1.807, 2.05) is 26.0 Å². The number of carbonyl (C=O) groups excluding carboxylic acids is 1. The van der Waals surface area contributed by atoms with Gasteiger partial charge in [-0.3, -0.25) is 4.79 Å². The van der Waals surface area contributed by atoms with Gasteiger partial charge in [0.25, 0.3) is 0 Å². The minimum atomic E-state index is -0.151. The molecule has 0 aliphatic heterocycles. The molecule has 1 unspecified atom stereocenters. The van der Waals surface area contributed by atoms with Crippen LogP contribution in [0.5, 0.6) is 0 Å². The van der Waals surface area contributed by atoms with E-state index in [0.29, 0.717) is 5.56 Å². The predicted molar refractivity (Wildman–Crippen MR) is 70.3 cm³/mol. The summed E-state index contributed by atoms with van der Waals surface area (Å²) in [5.74, 6) is -0.0608. The van der Waals surface area contributed by atoms with Crippen molar-refractivity contribution in [2.75, 3.05) is 0 Å². The van der Waals surface area contributed by atoms with Gasteiger partial charge in [0.05, 0.1) is 0 Å². The van der Waals surface area contributed by atoms with E-state index < -0.39 is 0 Å². The Balaban J connectivity index is 3.20. The molecular weight excluding hydrogens is 320 g/mol. The quantitative estimate of drug-likeness (QED) is 0.587. The summed E-state index contributed by atoms with van der Waals surface area (Å²) >= 11 is 6.82. The topological polar surface area (TPSA) is 17.1 Å². The van der Waals surface area contributed by atoms with E-state index in [-0.39, 0.29) is 11.7 Å². The Hall–Kier alpha value is -0.410. The molecule has 1 aromatic rings. The molecule has 0 radical (unpaired) electrons. The van der Waals surface area contributed by atoms with Gasteiger partial charge in [0.1, 0.15) is 0 Å². The molecule has 0 N–H and O–H groups in total. The Morgan fingerprint density at radius 1 is 1.40 bits per heavy atom. The number of hydrogen-bond donors (Lipinski definition) is 0. The Morgan fingerprint density at radius 3 is 2.53 bits per heavy atom. The molecule has 80 valence electrons. The first-order valence-electron chi connectivity index (χ1n) is 4.59. The number of ketones is 1. The van der Waals surface area contributed by atoms with E-state index in [1.54, 1.807) is 6.08 Å². The minimum absolute atomic E-state index is 0.0903. The molecule has 0 amide bonds. The summed E-state index contributed by atoms with van der Waals surface area (Å²) in [4.78, 5) is 11.9. The first-order chi connectivity index (χ1) is 6.97. The molecule has 0 saturated heterocycles. The van der Waals surface area contributed by atoms with Crippen molar-refractivity contribution in [2.45, 2.75) is 13.8 Å². The highest BCUT2D eigenvalue weighted by molar-refractivity contribution is 9.11. The summed E-state index contributed by atoms with van der Waals surface area (Å²) in [7, 11) is 0. The number of hydrogen-bond acceptors (Lipinski definition) is 1. The van der Waals surface area contributed by atoms with Crippen LogP contribution in [0.1, 0.15) is 22.8 Å². The van der Waals surface area contributed by atoms with Crippen molar-refractivity contribution < 1.29 is 4.79 Å². The highest BCUT2D eigenvalue weighted by atomic mass is 79.9. The van der Waals surface area contributed by atoms with Gasteiger partial charge in [0, 0.05) is 20.4 Å². The molecular formula is C12H12Br2O. The summed E-state index contributed by atoms with van der Waals surface area (Å²) in [6.07, 6.45) is 1.66. The summed E-state index contributed by atoms with van der Waals surface area (Å²) in [6.45, 7) is 7.44. The Bertz CT molecular complexity index is 410. The molecule has 1 aromatic carbocycles. The summed E-state index contributed by atoms with van der Waals surface area (Å²) in [6, 6.07) is 3.79. The van der Waals surface area contributed by atoms with Gasteiger partial charge in [-0.2, -0.15) is 0 Å². The smallest absolute Gasteiger partial charge is 0.170 e. The molecule has 0 saturated carbocycles. The third-order valence-corrected chi connectivity index (χ3v) is 3.79. The lowest BCUT2D eigenvalue weighted by Gasteiger charge is -2.09. The monoisotopic (exact) mass is 330 g/mol. The number of Topliss-reactive ketones (excluding diaryl/α,β-unsaturated/α-hetero) is 1. The molecule has 15 heavy (non-hydrogen) atoms. The van der Waals surface area contributed by atoms with E-state index in [9.17, 15) is 4.79 Å². The van der Waals surface area contributed by atoms with Gasteiger partial charge >= 0.3 is 0 Å². The maximum atomic E-state index is 11.9. The largest absolute Gasteiger partial charge is 0.293 e. The lowest BCUT2D eigenvalue weighted by molar-refractivity contribution is 0.0952. The van der Waals surface area contributed by atoms with Gasteiger partial charge in [0.15, 0.2) is 5.78 Å². The third-order valence-electron chi connectivity index (χ3n) is 2.28. The van der Waals surface area contributed by atoms with Gasteiger partial charge < -0.3 is 0 Å². The normalized spacial score (nSPS) is 12.3. The van der Waals surface area contributed by atoms with Crippen LogP contribution in [0.25, 0.3) is 0 Å². The van der Waals surface area contributed by atoms with Crippen molar-refractivity contribution in [3.05, 3.63) is 44.9 Å². The molecule has 0 fully saturated rings. The molecule has 1 nitrogen and oxygen atoms in total. The average molecular weight is 332 g/mol. The second-order valence-corrected chi connectivity index (χ2v) is 5.18. The summed E-state index contributed by atoms with van der Waals surface area (Å²) in [5, 5.41) is 0. The number of carbonyl (C=O) groups is 1. The van der Waals surface area contributed by atoms with Crippen LogP contribution in [-0.2, 0) is 0 Å². The highest BCUT2D eigenvalue weighted by Gasteiger charge is 2.16. The van der Waals surface area contributed by atoms with Gasteiger partial charge in [-0.25, -0.2) is 0 Å². The molecule has 1 rings (SSSR count). The second kappa shape index (κ2) is 5.08. The van der Waals surface area contributed by atoms with E-state index in [4.69, 9.17) is 0 Å². The van der Waals surface area contributed by atoms with Gasteiger partial charge in [-0.05, 0) is 24.6 Å². The number of halogens is 2. The Morgan fingerprint density at radius 2 is 2.00 bits per heavy atom. The van der Waals surface area contributed by atoms with Crippen LogP contribution >= 0.6 is 31.9 Å². The van der Waals surface area contributed by atoms with Crippen molar-refractivity contribution in [2.24, 2.45) is 5.92 Å². The molecule has 0 aliphatic carbocycles. The minimum Gasteiger partial charge on any atom is -0.293 e. The molecule has 0 bridgehead atoms. The SMILES string of the molecule is C=CC(C)C(=O)c1cc(C)c(Br)cc1Br. The van der Waals surface area contributed by atoms with E-state index >= 15 is 0 Å². The highest BCUT2D eigenvalue weighted by Crippen LogP contribution is 2.27. The zero-order chi connectivity index (χ0) is 11.6. The number of rotatable bonds is 3.